The number of halogens is 1. The van der Waals surface area contributed by atoms with Crippen LogP contribution < -0.4 is 0 Å². The fourth-order valence-corrected chi connectivity index (χ4v) is 4.22. The summed E-state index contributed by atoms with van der Waals surface area (Å²) in [6.07, 6.45) is 3.99. The van der Waals surface area contributed by atoms with E-state index < -0.39 is 11.4 Å². The molecule has 6 heteroatoms. The molecule has 1 aromatic carbocycles. The number of amides is 1. The van der Waals surface area contributed by atoms with Gasteiger partial charge in [-0.15, -0.1) is 0 Å². The zero-order chi connectivity index (χ0) is 17.9. The molecular weight excluding hydrogens is 340 g/mol. The van der Waals surface area contributed by atoms with Crippen LogP contribution in [0.4, 0.5) is 0 Å². The summed E-state index contributed by atoms with van der Waals surface area (Å²) in [4.78, 5) is 28.7. The lowest BCUT2D eigenvalue weighted by Gasteiger charge is -2.40. The Morgan fingerprint density at radius 3 is 2.60 bits per heavy atom. The Morgan fingerprint density at radius 2 is 1.92 bits per heavy atom. The third kappa shape index (κ3) is 4.33. The largest absolute Gasteiger partial charge is 0.481 e. The van der Waals surface area contributed by atoms with Crippen LogP contribution in [-0.4, -0.2) is 59.5 Å². The Labute approximate surface area is 153 Å². The summed E-state index contributed by atoms with van der Waals surface area (Å²) < 4.78 is 0. The van der Waals surface area contributed by atoms with E-state index in [1.807, 2.05) is 18.2 Å². The number of nitrogens with zero attached hydrogens (tertiary/aromatic N) is 2. The third-order valence-electron chi connectivity index (χ3n) is 5.37. The number of hydrogen-bond acceptors (Lipinski definition) is 3. The summed E-state index contributed by atoms with van der Waals surface area (Å²) in [6.45, 7) is 3.27. The molecule has 3 rings (SSSR count). The number of likely N-dealkylation sites (tertiary alicyclic amines) is 2. The molecule has 1 N–H and O–H groups in total. The van der Waals surface area contributed by atoms with Crippen molar-refractivity contribution in [3.63, 3.8) is 0 Å². The van der Waals surface area contributed by atoms with Crippen LogP contribution in [0, 0.1) is 5.41 Å². The van der Waals surface area contributed by atoms with Crippen molar-refractivity contribution in [2.24, 2.45) is 5.41 Å². The van der Waals surface area contributed by atoms with Crippen LogP contribution in [0.2, 0.25) is 5.02 Å². The van der Waals surface area contributed by atoms with Crippen molar-refractivity contribution in [1.82, 2.24) is 9.80 Å². The number of hydrogen-bond donors (Lipinski definition) is 1. The molecule has 1 aromatic rings. The minimum absolute atomic E-state index is 0.0540. The highest BCUT2D eigenvalue weighted by Gasteiger charge is 2.43. The highest BCUT2D eigenvalue weighted by atomic mass is 35.5. The van der Waals surface area contributed by atoms with E-state index in [4.69, 9.17) is 11.6 Å². The lowest BCUT2D eigenvalue weighted by Crippen LogP contribution is -2.52. The van der Waals surface area contributed by atoms with E-state index in [1.54, 1.807) is 11.0 Å². The van der Waals surface area contributed by atoms with E-state index in [-0.39, 0.29) is 12.5 Å². The fraction of sp³-hybridized carbons (Fsp3) is 0.579. The van der Waals surface area contributed by atoms with Crippen molar-refractivity contribution in [1.29, 1.82) is 0 Å². The minimum Gasteiger partial charge on any atom is -0.481 e. The number of carboxylic acids is 1. The van der Waals surface area contributed by atoms with Gasteiger partial charge < -0.3 is 10.0 Å². The van der Waals surface area contributed by atoms with Gasteiger partial charge in [-0.05, 0) is 62.9 Å². The Balaban J connectivity index is 1.72. The SMILES string of the molecule is O=C(CN1CCCC1)N1CCC[C@](Cc2cccc(Cl)c2)(C(=O)O)C1. The molecule has 1 atom stereocenters. The average molecular weight is 365 g/mol. The van der Waals surface area contributed by atoms with Crippen molar-refractivity contribution in [2.75, 3.05) is 32.7 Å². The Kier molecular flexibility index (Phi) is 5.64. The monoisotopic (exact) mass is 364 g/mol. The van der Waals surface area contributed by atoms with Gasteiger partial charge in [-0.3, -0.25) is 14.5 Å². The second kappa shape index (κ2) is 7.75. The van der Waals surface area contributed by atoms with Gasteiger partial charge in [0, 0.05) is 18.1 Å². The minimum atomic E-state index is -0.927. The number of benzene rings is 1. The van der Waals surface area contributed by atoms with Crippen LogP contribution >= 0.6 is 11.6 Å². The van der Waals surface area contributed by atoms with Crippen molar-refractivity contribution in [2.45, 2.75) is 32.1 Å². The number of carbonyl (C=O) groups excluding carboxylic acids is 1. The first kappa shape index (κ1) is 18.2. The number of carbonyl (C=O) groups is 2. The lowest BCUT2D eigenvalue weighted by atomic mass is 9.75. The zero-order valence-electron chi connectivity index (χ0n) is 14.4. The summed E-state index contributed by atoms with van der Waals surface area (Å²) >= 11 is 6.04. The Hall–Kier alpha value is -1.59. The van der Waals surface area contributed by atoms with Gasteiger partial charge in [-0.1, -0.05) is 23.7 Å². The highest BCUT2D eigenvalue weighted by molar-refractivity contribution is 6.30. The molecule has 2 saturated heterocycles. The van der Waals surface area contributed by atoms with Crippen molar-refractivity contribution in [3.8, 4) is 0 Å². The lowest BCUT2D eigenvalue weighted by molar-refractivity contribution is -0.155. The summed E-state index contributed by atoms with van der Waals surface area (Å²) in [6, 6.07) is 7.34. The van der Waals surface area contributed by atoms with E-state index in [0.29, 0.717) is 31.0 Å². The first-order valence-corrected chi connectivity index (χ1v) is 9.34. The second-order valence-electron chi connectivity index (χ2n) is 7.29. The fourth-order valence-electron chi connectivity index (χ4n) is 4.01. The van der Waals surface area contributed by atoms with Crippen LogP contribution in [0.1, 0.15) is 31.2 Å². The second-order valence-corrected chi connectivity index (χ2v) is 7.73. The van der Waals surface area contributed by atoms with Gasteiger partial charge in [0.15, 0.2) is 0 Å². The molecule has 0 aliphatic carbocycles. The molecule has 25 heavy (non-hydrogen) atoms. The molecular formula is C19H25ClN2O3. The van der Waals surface area contributed by atoms with Gasteiger partial charge in [0.05, 0.1) is 12.0 Å². The van der Waals surface area contributed by atoms with Crippen molar-refractivity contribution >= 4 is 23.5 Å². The normalized spacial score (nSPS) is 24.4. The molecule has 5 nitrogen and oxygen atoms in total. The molecule has 1 amide bonds. The first-order chi connectivity index (χ1) is 12.0. The first-order valence-electron chi connectivity index (χ1n) is 8.96. The van der Waals surface area contributed by atoms with Crippen molar-refractivity contribution in [3.05, 3.63) is 34.9 Å². The third-order valence-corrected chi connectivity index (χ3v) is 5.61. The van der Waals surface area contributed by atoms with Gasteiger partial charge in [-0.2, -0.15) is 0 Å². The van der Waals surface area contributed by atoms with Crippen molar-refractivity contribution < 1.29 is 14.7 Å². The summed E-state index contributed by atoms with van der Waals surface area (Å²) in [7, 11) is 0. The van der Waals surface area contributed by atoms with Crippen LogP contribution in [0.25, 0.3) is 0 Å². The van der Waals surface area contributed by atoms with Gasteiger partial charge in [0.1, 0.15) is 0 Å². The molecule has 2 aliphatic heterocycles. The molecule has 2 fully saturated rings. The summed E-state index contributed by atoms with van der Waals surface area (Å²) in [5, 5.41) is 10.5. The maximum Gasteiger partial charge on any atom is 0.311 e. The number of aliphatic carboxylic acids is 1. The van der Waals surface area contributed by atoms with Crippen LogP contribution in [0.3, 0.4) is 0 Å². The van der Waals surface area contributed by atoms with E-state index in [9.17, 15) is 14.7 Å². The summed E-state index contributed by atoms with van der Waals surface area (Å²) in [5.41, 5.74) is -0.0207. The van der Waals surface area contributed by atoms with Crippen LogP contribution in [0.15, 0.2) is 24.3 Å². The molecule has 0 saturated carbocycles. The van der Waals surface area contributed by atoms with E-state index in [0.717, 1.165) is 37.9 Å². The van der Waals surface area contributed by atoms with Gasteiger partial charge >= 0.3 is 5.97 Å². The standard InChI is InChI=1S/C19H25ClN2O3/c20-16-6-3-5-15(11-16)12-19(18(24)25)7-4-10-22(14-19)17(23)13-21-8-1-2-9-21/h3,5-6,11H,1-2,4,7-10,12-14H2,(H,24,25)/t19-/m1/s1. The van der Waals surface area contributed by atoms with Crippen LogP contribution in [-0.2, 0) is 16.0 Å². The number of carboxylic acid groups (broad SMARTS) is 1. The topological polar surface area (TPSA) is 60.9 Å². The molecule has 0 spiro atoms. The van der Waals surface area contributed by atoms with Gasteiger partial charge in [-0.25, -0.2) is 0 Å². The van der Waals surface area contributed by atoms with Crippen LogP contribution in [0.5, 0.6) is 0 Å². The molecule has 0 bridgehead atoms. The van der Waals surface area contributed by atoms with E-state index in [1.165, 1.54) is 0 Å². The highest BCUT2D eigenvalue weighted by Crippen LogP contribution is 2.35. The molecule has 0 radical (unpaired) electrons. The number of piperidine rings is 1. The molecule has 136 valence electrons. The molecule has 0 unspecified atom stereocenters. The zero-order valence-corrected chi connectivity index (χ0v) is 15.2. The Morgan fingerprint density at radius 1 is 1.16 bits per heavy atom. The predicted octanol–water partition coefficient (Wildman–Crippen LogP) is 2.67. The Bertz CT molecular complexity index is 645. The molecule has 2 aliphatic rings. The maximum absolute atomic E-state index is 12.6. The summed E-state index contributed by atoms with van der Waals surface area (Å²) in [5.74, 6) is -0.774. The quantitative estimate of drug-likeness (QED) is 0.872. The average Bonchev–Trinajstić information content (AvgIpc) is 3.08. The van der Waals surface area contributed by atoms with Gasteiger partial charge in [0.2, 0.25) is 5.91 Å². The number of rotatable bonds is 5. The smallest absolute Gasteiger partial charge is 0.311 e. The molecule has 2 heterocycles. The molecule has 0 aromatic heterocycles. The van der Waals surface area contributed by atoms with E-state index in [2.05, 4.69) is 4.90 Å². The van der Waals surface area contributed by atoms with Gasteiger partial charge in [0.25, 0.3) is 0 Å². The maximum atomic E-state index is 12.6. The van der Waals surface area contributed by atoms with E-state index >= 15 is 0 Å². The predicted molar refractivity (Wildman–Crippen MR) is 96.7 cm³/mol.